The van der Waals surface area contributed by atoms with E-state index in [-0.39, 0.29) is 0 Å². The summed E-state index contributed by atoms with van der Waals surface area (Å²) in [5.74, 6) is 0.860. The van der Waals surface area contributed by atoms with Crippen molar-refractivity contribution >= 4 is 5.57 Å². The van der Waals surface area contributed by atoms with E-state index in [1.165, 1.54) is 5.57 Å². The van der Waals surface area contributed by atoms with Crippen molar-refractivity contribution in [1.82, 2.24) is 20.0 Å². The van der Waals surface area contributed by atoms with E-state index < -0.39 is 0 Å². The smallest absolute Gasteiger partial charge is 0.164 e. The number of likely N-dealkylation sites (N-methyl/N-ethyl adjacent to an activating group) is 1. The molecule has 1 aliphatic rings. The zero-order valence-electron chi connectivity index (χ0n) is 10.7. The normalized spacial score (nSPS) is 15.4. The van der Waals surface area contributed by atoms with Crippen molar-refractivity contribution in [2.24, 2.45) is 0 Å². The highest BCUT2D eigenvalue weighted by molar-refractivity contribution is 5.70. The minimum Gasteiger partial charge on any atom is -0.493 e. The van der Waals surface area contributed by atoms with Gasteiger partial charge in [-0.15, -0.1) is 0 Å². The number of ether oxygens (including phenoxy) is 1. The average Bonchev–Trinajstić information content (AvgIpc) is 2.94. The van der Waals surface area contributed by atoms with Crippen molar-refractivity contribution in [2.75, 3.05) is 40.8 Å². The van der Waals surface area contributed by atoms with E-state index >= 15 is 0 Å². The summed E-state index contributed by atoms with van der Waals surface area (Å²) in [6.45, 7) is 3.67. The van der Waals surface area contributed by atoms with E-state index in [4.69, 9.17) is 4.74 Å². The van der Waals surface area contributed by atoms with Crippen LogP contribution in [0.4, 0.5) is 0 Å². The molecule has 2 rings (SSSR count). The minimum absolute atomic E-state index is 0.860. The van der Waals surface area contributed by atoms with Crippen molar-refractivity contribution in [3.05, 3.63) is 18.0 Å². The summed E-state index contributed by atoms with van der Waals surface area (Å²) in [6, 6.07) is 0. The first-order valence-corrected chi connectivity index (χ1v) is 5.87. The second-order valence-electron chi connectivity index (χ2n) is 4.45. The molecular formula is C12H20N4O. The first kappa shape index (κ1) is 12.1. The SMILES string of the molecule is COc1cnn(CCN(C)C)c1C1=CCNC1. The molecule has 17 heavy (non-hydrogen) atoms. The molecule has 1 aromatic rings. The van der Waals surface area contributed by atoms with Crippen LogP contribution >= 0.6 is 0 Å². The fraction of sp³-hybridized carbons (Fsp3) is 0.583. The third-order valence-corrected chi connectivity index (χ3v) is 2.90. The van der Waals surface area contributed by atoms with E-state index in [0.29, 0.717) is 0 Å². The Morgan fingerprint density at radius 1 is 1.53 bits per heavy atom. The predicted molar refractivity (Wildman–Crippen MR) is 68.2 cm³/mol. The van der Waals surface area contributed by atoms with Gasteiger partial charge in [0.05, 0.1) is 19.9 Å². The fourth-order valence-electron chi connectivity index (χ4n) is 1.96. The maximum atomic E-state index is 5.38. The molecule has 94 valence electrons. The van der Waals surface area contributed by atoms with Gasteiger partial charge in [0.25, 0.3) is 0 Å². The molecule has 0 saturated carbocycles. The summed E-state index contributed by atoms with van der Waals surface area (Å²) in [4.78, 5) is 2.15. The Hall–Kier alpha value is -1.33. The molecule has 0 bridgehead atoms. The summed E-state index contributed by atoms with van der Waals surface area (Å²) >= 11 is 0. The molecule has 5 nitrogen and oxygen atoms in total. The molecule has 0 unspecified atom stereocenters. The monoisotopic (exact) mass is 236 g/mol. The number of nitrogens with zero attached hydrogens (tertiary/aromatic N) is 3. The average molecular weight is 236 g/mol. The molecule has 1 aromatic heterocycles. The number of methoxy groups -OCH3 is 1. The van der Waals surface area contributed by atoms with E-state index in [9.17, 15) is 0 Å². The van der Waals surface area contributed by atoms with Crippen LogP contribution < -0.4 is 10.1 Å². The van der Waals surface area contributed by atoms with Crippen LogP contribution in [0.3, 0.4) is 0 Å². The Balaban J connectivity index is 2.23. The van der Waals surface area contributed by atoms with Gasteiger partial charge in [-0.3, -0.25) is 4.68 Å². The van der Waals surface area contributed by atoms with E-state index in [1.54, 1.807) is 13.3 Å². The van der Waals surface area contributed by atoms with Crippen molar-refractivity contribution in [3.63, 3.8) is 0 Å². The lowest BCUT2D eigenvalue weighted by molar-refractivity contribution is 0.370. The van der Waals surface area contributed by atoms with Gasteiger partial charge in [0.15, 0.2) is 5.75 Å². The molecule has 0 saturated heterocycles. The topological polar surface area (TPSA) is 42.3 Å². The van der Waals surface area contributed by atoms with Gasteiger partial charge in [0.2, 0.25) is 0 Å². The molecule has 5 heteroatoms. The van der Waals surface area contributed by atoms with Gasteiger partial charge in [-0.25, -0.2) is 0 Å². The minimum atomic E-state index is 0.860. The van der Waals surface area contributed by atoms with Crippen LogP contribution in [0.2, 0.25) is 0 Å². The summed E-state index contributed by atoms with van der Waals surface area (Å²) in [5.41, 5.74) is 2.39. The van der Waals surface area contributed by atoms with Crippen LogP contribution in [0.5, 0.6) is 5.75 Å². The van der Waals surface area contributed by atoms with Crippen molar-refractivity contribution in [2.45, 2.75) is 6.54 Å². The molecule has 0 radical (unpaired) electrons. The molecule has 0 aromatic carbocycles. The summed E-state index contributed by atoms with van der Waals surface area (Å²) in [5, 5.41) is 7.70. The highest BCUT2D eigenvalue weighted by Gasteiger charge is 2.17. The second-order valence-corrected chi connectivity index (χ2v) is 4.45. The third kappa shape index (κ3) is 2.68. The molecule has 0 amide bonds. The second kappa shape index (κ2) is 5.33. The van der Waals surface area contributed by atoms with Crippen LogP contribution in [0, 0.1) is 0 Å². The van der Waals surface area contributed by atoms with E-state index in [0.717, 1.165) is 37.6 Å². The van der Waals surface area contributed by atoms with Gasteiger partial charge in [-0.05, 0) is 19.7 Å². The van der Waals surface area contributed by atoms with Gasteiger partial charge >= 0.3 is 0 Å². The third-order valence-electron chi connectivity index (χ3n) is 2.90. The first-order chi connectivity index (χ1) is 8.22. The highest BCUT2D eigenvalue weighted by Crippen LogP contribution is 2.26. The number of hydrogen-bond acceptors (Lipinski definition) is 4. The number of hydrogen-bond donors (Lipinski definition) is 1. The largest absolute Gasteiger partial charge is 0.493 e. The van der Waals surface area contributed by atoms with Gasteiger partial charge in [-0.1, -0.05) is 6.08 Å². The maximum absolute atomic E-state index is 5.38. The molecule has 2 heterocycles. The highest BCUT2D eigenvalue weighted by atomic mass is 16.5. The van der Waals surface area contributed by atoms with Crippen molar-refractivity contribution < 1.29 is 4.74 Å². The van der Waals surface area contributed by atoms with Crippen molar-refractivity contribution in [1.29, 1.82) is 0 Å². The number of aromatic nitrogens is 2. The lowest BCUT2D eigenvalue weighted by Gasteiger charge is -2.13. The predicted octanol–water partition coefficient (Wildman–Crippen LogP) is 0.440. The zero-order chi connectivity index (χ0) is 12.3. The first-order valence-electron chi connectivity index (χ1n) is 5.87. The van der Waals surface area contributed by atoms with Crippen LogP contribution in [0.1, 0.15) is 5.69 Å². The fourth-order valence-corrected chi connectivity index (χ4v) is 1.96. The number of rotatable bonds is 5. The van der Waals surface area contributed by atoms with Crippen LogP contribution in [0.25, 0.3) is 5.57 Å². The summed E-state index contributed by atoms with van der Waals surface area (Å²) in [7, 11) is 5.83. The molecule has 0 aliphatic carbocycles. The lowest BCUT2D eigenvalue weighted by Crippen LogP contribution is -2.20. The van der Waals surface area contributed by atoms with E-state index in [2.05, 4.69) is 35.5 Å². The Morgan fingerprint density at radius 2 is 2.35 bits per heavy atom. The van der Waals surface area contributed by atoms with Gasteiger partial charge < -0.3 is 15.0 Å². The molecule has 1 aliphatic heterocycles. The maximum Gasteiger partial charge on any atom is 0.164 e. The molecule has 0 fully saturated rings. The molecule has 0 atom stereocenters. The molecule has 1 N–H and O–H groups in total. The summed E-state index contributed by atoms with van der Waals surface area (Å²) in [6.07, 6.45) is 4.00. The zero-order valence-corrected chi connectivity index (χ0v) is 10.7. The van der Waals surface area contributed by atoms with Gasteiger partial charge in [0, 0.05) is 19.6 Å². The Labute approximate surface area is 102 Å². The van der Waals surface area contributed by atoms with Crippen LogP contribution in [0.15, 0.2) is 12.3 Å². The standard InChI is InChI=1S/C12H20N4O/c1-15(2)6-7-16-12(10-4-5-13-8-10)11(17-3)9-14-16/h4,9,13H,5-8H2,1-3H3. The summed E-state index contributed by atoms with van der Waals surface area (Å²) < 4.78 is 7.41. The van der Waals surface area contributed by atoms with Gasteiger partial charge in [-0.2, -0.15) is 5.10 Å². The van der Waals surface area contributed by atoms with Crippen LogP contribution in [-0.4, -0.2) is 55.5 Å². The quantitative estimate of drug-likeness (QED) is 0.805. The van der Waals surface area contributed by atoms with E-state index in [1.807, 2.05) is 4.68 Å². The molecule has 0 spiro atoms. The van der Waals surface area contributed by atoms with Crippen molar-refractivity contribution in [3.8, 4) is 5.75 Å². The number of nitrogens with one attached hydrogen (secondary N) is 1. The Morgan fingerprint density at radius 3 is 2.94 bits per heavy atom. The van der Waals surface area contributed by atoms with Crippen LogP contribution in [-0.2, 0) is 6.54 Å². The Kier molecular flexibility index (Phi) is 3.81. The molecular weight excluding hydrogens is 216 g/mol. The Bertz CT molecular complexity index is 409. The lowest BCUT2D eigenvalue weighted by atomic mass is 10.2. The van der Waals surface area contributed by atoms with Gasteiger partial charge in [0.1, 0.15) is 5.69 Å².